The lowest BCUT2D eigenvalue weighted by Gasteiger charge is -2.10. The van der Waals surface area contributed by atoms with E-state index in [4.69, 9.17) is 0 Å². The van der Waals surface area contributed by atoms with E-state index in [2.05, 4.69) is 22.8 Å². The molecule has 0 saturated heterocycles. The Labute approximate surface area is 169 Å². The van der Waals surface area contributed by atoms with Gasteiger partial charge in [0.05, 0.1) is 17.5 Å². The van der Waals surface area contributed by atoms with Gasteiger partial charge >= 0.3 is 0 Å². The first-order valence-electron chi connectivity index (χ1n) is 9.13. The molecule has 1 aromatic carbocycles. The van der Waals surface area contributed by atoms with E-state index in [1.807, 2.05) is 44.2 Å². The number of nitrogens with zero attached hydrogens (tertiary/aromatic N) is 4. The Morgan fingerprint density at radius 1 is 1.28 bits per heavy atom. The summed E-state index contributed by atoms with van der Waals surface area (Å²) >= 11 is 0. The van der Waals surface area contributed by atoms with Gasteiger partial charge in [0.2, 0.25) is 0 Å². The number of benzene rings is 1. The van der Waals surface area contributed by atoms with Crippen LogP contribution in [0.25, 0.3) is 22.3 Å². The van der Waals surface area contributed by atoms with Crippen molar-refractivity contribution >= 4 is 16.6 Å². The van der Waals surface area contributed by atoms with Crippen LogP contribution in [0.2, 0.25) is 0 Å². The summed E-state index contributed by atoms with van der Waals surface area (Å²) in [7, 11) is 0. The number of allylic oxidation sites excluding steroid dienone is 4. The molecule has 6 heteroatoms. The second-order valence-electron chi connectivity index (χ2n) is 5.69. The van der Waals surface area contributed by atoms with Crippen molar-refractivity contribution in [2.45, 2.75) is 20.8 Å². The van der Waals surface area contributed by atoms with E-state index in [1.165, 1.54) is 12.1 Å². The molecule has 0 aliphatic heterocycles. The predicted molar refractivity (Wildman–Crippen MR) is 115 cm³/mol. The molecule has 2 heterocycles. The summed E-state index contributed by atoms with van der Waals surface area (Å²) in [5.41, 5.74) is 2.65. The number of hydrogen-bond donors (Lipinski definition) is 0. The normalized spacial score (nSPS) is 11.1. The number of hydrogen-bond acceptors (Lipinski definition) is 4. The summed E-state index contributed by atoms with van der Waals surface area (Å²) in [5, 5.41) is 13.0. The minimum Gasteiger partial charge on any atom is -0.293 e. The topological polar surface area (TPSA) is 71.0 Å². The highest BCUT2D eigenvalue weighted by molar-refractivity contribution is 5.93. The monoisotopic (exact) mass is 388 g/mol. The summed E-state index contributed by atoms with van der Waals surface area (Å²) < 4.78 is 15.5. The van der Waals surface area contributed by atoms with Crippen LogP contribution in [0.5, 0.6) is 0 Å². The van der Waals surface area contributed by atoms with Crippen LogP contribution in [0.3, 0.4) is 0 Å². The van der Waals surface area contributed by atoms with Crippen molar-refractivity contribution in [2.24, 2.45) is 5.18 Å². The SMILES string of the molecule is C=C(/C=C\C(=C/C)N=O)c1c(C#N)c2cc(F)cnc2n1-c1ccccc1.CC. The Bertz CT molecular complexity index is 1140. The van der Waals surface area contributed by atoms with Crippen molar-refractivity contribution in [3.63, 3.8) is 0 Å². The Kier molecular flexibility index (Phi) is 7.33. The molecule has 5 nitrogen and oxygen atoms in total. The fraction of sp³-hybridized carbons (Fsp3) is 0.130. The smallest absolute Gasteiger partial charge is 0.146 e. The van der Waals surface area contributed by atoms with Gasteiger partial charge in [-0.05, 0) is 41.9 Å². The Morgan fingerprint density at radius 3 is 2.55 bits per heavy atom. The van der Waals surface area contributed by atoms with Crippen molar-refractivity contribution in [3.8, 4) is 11.8 Å². The Balaban J connectivity index is 0.00000145. The van der Waals surface area contributed by atoms with Gasteiger partial charge in [0.1, 0.15) is 23.2 Å². The molecule has 0 N–H and O–H groups in total. The van der Waals surface area contributed by atoms with Gasteiger partial charge in [0, 0.05) is 11.1 Å². The molecule has 0 bridgehead atoms. The Hall–Kier alpha value is -3.85. The maximum atomic E-state index is 13.8. The largest absolute Gasteiger partial charge is 0.293 e. The molecule has 0 fully saturated rings. The highest BCUT2D eigenvalue weighted by atomic mass is 19.1. The highest BCUT2D eigenvalue weighted by Gasteiger charge is 2.21. The van der Waals surface area contributed by atoms with Crippen molar-refractivity contribution in [2.75, 3.05) is 0 Å². The van der Waals surface area contributed by atoms with Crippen LogP contribution in [0.4, 0.5) is 4.39 Å². The van der Waals surface area contributed by atoms with Crippen molar-refractivity contribution in [1.82, 2.24) is 9.55 Å². The van der Waals surface area contributed by atoms with Gasteiger partial charge in [-0.1, -0.05) is 50.8 Å². The summed E-state index contributed by atoms with van der Waals surface area (Å²) in [5.74, 6) is -0.529. The second kappa shape index (κ2) is 9.90. The maximum Gasteiger partial charge on any atom is 0.146 e. The van der Waals surface area contributed by atoms with E-state index in [0.29, 0.717) is 22.3 Å². The number of pyridine rings is 1. The minimum atomic E-state index is -0.529. The zero-order valence-corrected chi connectivity index (χ0v) is 16.6. The minimum absolute atomic E-state index is 0.237. The van der Waals surface area contributed by atoms with E-state index < -0.39 is 5.82 Å². The number of halogens is 1. The number of para-hydroxylation sites is 1. The second-order valence-corrected chi connectivity index (χ2v) is 5.69. The number of rotatable bonds is 5. The first kappa shape index (κ1) is 21.5. The van der Waals surface area contributed by atoms with Gasteiger partial charge in [-0.3, -0.25) is 4.57 Å². The zero-order chi connectivity index (χ0) is 21.4. The van der Waals surface area contributed by atoms with Gasteiger partial charge in [-0.15, -0.1) is 4.91 Å². The summed E-state index contributed by atoms with van der Waals surface area (Å²) in [6, 6.07) is 12.7. The van der Waals surface area contributed by atoms with Crippen LogP contribution < -0.4 is 0 Å². The van der Waals surface area contributed by atoms with Crippen LogP contribution in [0, 0.1) is 22.1 Å². The molecule has 146 valence electrons. The molecule has 0 unspecified atom stereocenters. The van der Waals surface area contributed by atoms with Crippen molar-refractivity contribution in [1.29, 1.82) is 5.26 Å². The lowest BCUT2D eigenvalue weighted by Crippen LogP contribution is -2.00. The number of aromatic nitrogens is 2. The van der Waals surface area contributed by atoms with Crippen LogP contribution in [0.15, 0.2) is 78.3 Å². The van der Waals surface area contributed by atoms with Crippen LogP contribution in [0.1, 0.15) is 32.0 Å². The first-order chi connectivity index (χ1) is 14.1. The number of nitroso groups, excluding NO2 is 1. The third kappa shape index (κ3) is 4.36. The molecule has 3 rings (SSSR count). The molecule has 0 radical (unpaired) electrons. The van der Waals surface area contributed by atoms with Gasteiger partial charge < -0.3 is 0 Å². The van der Waals surface area contributed by atoms with Crippen LogP contribution in [-0.4, -0.2) is 9.55 Å². The molecular weight excluding hydrogens is 367 g/mol. The maximum absolute atomic E-state index is 13.8. The average molecular weight is 388 g/mol. The lowest BCUT2D eigenvalue weighted by atomic mass is 10.1. The van der Waals surface area contributed by atoms with E-state index in [-0.39, 0.29) is 11.3 Å². The van der Waals surface area contributed by atoms with Crippen molar-refractivity contribution < 1.29 is 4.39 Å². The molecule has 29 heavy (non-hydrogen) atoms. The molecule has 0 amide bonds. The molecule has 2 aromatic heterocycles. The Morgan fingerprint density at radius 2 is 1.97 bits per heavy atom. The van der Waals surface area contributed by atoms with E-state index >= 15 is 0 Å². The quantitative estimate of drug-likeness (QED) is 0.380. The average Bonchev–Trinajstić information content (AvgIpc) is 3.09. The fourth-order valence-electron chi connectivity index (χ4n) is 2.83. The third-order valence-electron chi connectivity index (χ3n) is 4.06. The van der Waals surface area contributed by atoms with Crippen molar-refractivity contribution in [3.05, 3.63) is 95.1 Å². The summed E-state index contributed by atoms with van der Waals surface area (Å²) in [6.45, 7) is 9.72. The number of nitriles is 1. The van der Waals surface area contributed by atoms with Crippen LogP contribution >= 0.6 is 0 Å². The van der Waals surface area contributed by atoms with Gasteiger partial charge in [-0.2, -0.15) is 5.26 Å². The zero-order valence-electron chi connectivity index (χ0n) is 16.6. The molecule has 3 aromatic rings. The standard InChI is InChI=1S/C21H15FN4O.C2H6/c1-3-16(25-27)10-9-14(2)20-19(12-23)18-11-15(22)13-24-21(18)26(20)17-7-5-4-6-8-17;1-2/h3-11,13H,2H2,1H3;1-2H3/b10-9-,16-3+;. The molecule has 0 saturated carbocycles. The highest BCUT2D eigenvalue weighted by Crippen LogP contribution is 2.33. The van der Waals surface area contributed by atoms with Gasteiger partial charge in [0.25, 0.3) is 0 Å². The first-order valence-corrected chi connectivity index (χ1v) is 9.13. The molecule has 0 aliphatic carbocycles. The lowest BCUT2D eigenvalue weighted by molar-refractivity contribution is 0.624. The number of fused-ring (bicyclic) bond motifs is 1. The molecule has 0 atom stereocenters. The molecular formula is C23H21FN4O. The third-order valence-corrected chi connectivity index (χ3v) is 4.06. The molecule has 0 spiro atoms. The predicted octanol–water partition coefficient (Wildman–Crippen LogP) is 6.30. The van der Waals surface area contributed by atoms with Gasteiger partial charge in [0.15, 0.2) is 0 Å². The molecule has 0 aliphatic rings. The van der Waals surface area contributed by atoms with E-state index in [1.54, 1.807) is 23.6 Å². The fourth-order valence-corrected chi connectivity index (χ4v) is 2.83. The van der Waals surface area contributed by atoms with Gasteiger partial charge in [-0.25, -0.2) is 9.37 Å². The van der Waals surface area contributed by atoms with E-state index in [0.717, 1.165) is 11.9 Å². The summed E-state index contributed by atoms with van der Waals surface area (Å²) in [4.78, 5) is 15.0. The van der Waals surface area contributed by atoms with Crippen LogP contribution in [-0.2, 0) is 0 Å². The summed E-state index contributed by atoms with van der Waals surface area (Å²) in [6.07, 6.45) is 5.78. The van der Waals surface area contributed by atoms with E-state index in [9.17, 15) is 14.6 Å².